The monoisotopic (exact) mass is 384 g/mol. The summed E-state index contributed by atoms with van der Waals surface area (Å²) < 4.78 is 6.96. The van der Waals surface area contributed by atoms with Crippen LogP contribution in [-0.2, 0) is 4.79 Å². The Balaban J connectivity index is 1.89. The first-order chi connectivity index (χ1) is 13.1. The molecule has 7 heteroatoms. The molecule has 0 unspecified atom stereocenters. The summed E-state index contributed by atoms with van der Waals surface area (Å²) in [5, 5.41) is 7.29. The SMILES string of the molecule is COc1nc(-c2ccccc2C)n(-c2ccc(NC(=O)CCCCl)cc2)n1. The van der Waals surface area contributed by atoms with Crippen molar-refractivity contribution in [3.63, 3.8) is 0 Å². The van der Waals surface area contributed by atoms with Crippen molar-refractivity contribution in [1.82, 2.24) is 14.8 Å². The third-order valence-corrected chi connectivity index (χ3v) is 4.36. The van der Waals surface area contributed by atoms with Gasteiger partial charge in [0.25, 0.3) is 0 Å². The normalized spacial score (nSPS) is 10.6. The Labute approximate surface area is 163 Å². The number of hydrogen-bond acceptors (Lipinski definition) is 4. The summed E-state index contributed by atoms with van der Waals surface area (Å²) in [6.45, 7) is 2.03. The molecule has 0 aliphatic carbocycles. The molecule has 0 spiro atoms. The van der Waals surface area contributed by atoms with Crippen molar-refractivity contribution in [3.05, 3.63) is 54.1 Å². The zero-order valence-corrected chi connectivity index (χ0v) is 16.0. The van der Waals surface area contributed by atoms with Gasteiger partial charge in [-0.25, -0.2) is 4.68 Å². The van der Waals surface area contributed by atoms with Crippen LogP contribution in [0.2, 0.25) is 0 Å². The largest absolute Gasteiger partial charge is 0.466 e. The highest BCUT2D eigenvalue weighted by Crippen LogP contribution is 2.26. The van der Waals surface area contributed by atoms with E-state index in [1.165, 1.54) is 0 Å². The van der Waals surface area contributed by atoms with Gasteiger partial charge in [-0.2, -0.15) is 4.98 Å². The van der Waals surface area contributed by atoms with Crippen molar-refractivity contribution in [3.8, 4) is 23.1 Å². The lowest BCUT2D eigenvalue weighted by Crippen LogP contribution is -2.11. The molecule has 0 radical (unpaired) electrons. The van der Waals surface area contributed by atoms with Crippen LogP contribution in [0, 0.1) is 6.92 Å². The van der Waals surface area contributed by atoms with Crippen LogP contribution in [0.4, 0.5) is 5.69 Å². The summed E-state index contributed by atoms with van der Waals surface area (Å²) in [5.41, 5.74) is 3.62. The third kappa shape index (κ3) is 4.46. The Morgan fingerprint density at radius 3 is 2.59 bits per heavy atom. The third-order valence-electron chi connectivity index (χ3n) is 4.09. The first-order valence-corrected chi connectivity index (χ1v) is 9.19. The molecule has 6 nitrogen and oxygen atoms in total. The molecule has 0 bridgehead atoms. The zero-order valence-electron chi connectivity index (χ0n) is 15.3. The van der Waals surface area contributed by atoms with Gasteiger partial charge in [-0.15, -0.1) is 16.7 Å². The van der Waals surface area contributed by atoms with Crippen LogP contribution in [0.15, 0.2) is 48.5 Å². The van der Waals surface area contributed by atoms with Gasteiger partial charge in [0, 0.05) is 23.6 Å². The molecule has 0 saturated heterocycles. The molecule has 1 amide bonds. The van der Waals surface area contributed by atoms with E-state index in [-0.39, 0.29) is 5.91 Å². The smallest absolute Gasteiger partial charge is 0.336 e. The lowest BCUT2D eigenvalue weighted by molar-refractivity contribution is -0.116. The second-order valence-corrected chi connectivity index (χ2v) is 6.41. The molecule has 0 aliphatic rings. The van der Waals surface area contributed by atoms with Crippen LogP contribution in [0.25, 0.3) is 17.1 Å². The zero-order chi connectivity index (χ0) is 19.2. The molecule has 2 aromatic carbocycles. The molecule has 3 rings (SSSR count). The molecule has 1 heterocycles. The number of carbonyl (C=O) groups is 1. The lowest BCUT2D eigenvalue weighted by Gasteiger charge is -2.09. The number of methoxy groups -OCH3 is 1. The van der Waals surface area contributed by atoms with Gasteiger partial charge in [0.05, 0.1) is 12.8 Å². The number of ether oxygens (including phenoxy) is 1. The predicted molar refractivity (Wildman–Crippen MR) is 107 cm³/mol. The molecule has 0 aliphatic heterocycles. The maximum absolute atomic E-state index is 11.8. The summed E-state index contributed by atoms with van der Waals surface area (Å²) in [4.78, 5) is 16.3. The van der Waals surface area contributed by atoms with E-state index in [2.05, 4.69) is 15.4 Å². The summed E-state index contributed by atoms with van der Waals surface area (Å²) in [5.74, 6) is 1.12. The Kier molecular flexibility index (Phi) is 6.08. The van der Waals surface area contributed by atoms with Crippen LogP contribution in [0.1, 0.15) is 18.4 Å². The molecule has 1 N–H and O–H groups in total. The first-order valence-electron chi connectivity index (χ1n) is 8.65. The maximum atomic E-state index is 11.8. The molecule has 3 aromatic rings. The van der Waals surface area contributed by atoms with Crippen molar-refractivity contribution in [1.29, 1.82) is 0 Å². The number of aromatic nitrogens is 3. The number of amides is 1. The van der Waals surface area contributed by atoms with Gasteiger partial charge in [0.2, 0.25) is 5.91 Å². The van der Waals surface area contributed by atoms with Crippen LogP contribution in [0.5, 0.6) is 6.01 Å². The van der Waals surface area contributed by atoms with Gasteiger partial charge in [-0.3, -0.25) is 4.79 Å². The van der Waals surface area contributed by atoms with E-state index < -0.39 is 0 Å². The minimum atomic E-state index is -0.0496. The number of carbonyl (C=O) groups excluding carboxylic acids is 1. The van der Waals surface area contributed by atoms with Crippen molar-refractivity contribution >= 4 is 23.2 Å². The van der Waals surface area contributed by atoms with Crippen molar-refractivity contribution in [2.45, 2.75) is 19.8 Å². The van der Waals surface area contributed by atoms with Gasteiger partial charge in [0.1, 0.15) is 0 Å². The molecule has 0 fully saturated rings. The number of aryl methyl sites for hydroxylation is 1. The number of alkyl halides is 1. The first kappa shape index (κ1) is 18.9. The van der Waals surface area contributed by atoms with Gasteiger partial charge >= 0.3 is 6.01 Å². The quantitative estimate of drug-likeness (QED) is 0.619. The Hall–Kier alpha value is -2.86. The molecular formula is C20H21ClN4O2. The summed E-state index contributed by atoms with van der Waals surface area (Å²) in [6, 6.07) is 15.7. The molecule has 27 heavy (non-hydrogen) atoms. The maximum Gasteiger partial charge on any atom is 0.336 e. The number of anilines is 1. The van der Waals surface area contributed by atoms with E-state index >= 15 is 0 Å². The minimum Gasteiger partial charge on any atom is -0.466 e. The summed E-state index contributed by atoms with van der Waals surface area (Å²) in [7, 11) is 1.54. The standard InChI is InChI=1S/C20H21ClN4O2/c1-14-6-3-4-7-17(14)19-23-20(27-2)24-25(19)16-11-9-15(10-12-16)22-18(26)8-5-13-21/h3-4,6-7,9-12H,5,8,13H2,1-2H3,(H,22,26). The van der Waals surface area contributed by atoms with Crippen LogP contribution < -0.4 is 10.1 Å². The molecular weight excluding hydrogens is 364 g/mol. The van der Waals surface area contributed by atoms with Crippen LogP contribution >= 0.6 is 11.6 Å². The van der Waals surface area contributed by atoms with Crippen molar-refractivity contribution in [2.75, 3.05) is 18.3 Å². The highest BCUT2D eigenvalue weighted by molar-refractivity contribution is 6.18. The highest BCUT2D eigenvalue weighted by atomic mass is 35.5. The van der Waals surface area contributed by atoms with E-state index in [4.69, 9.17) is 16.3 Å². The Morgan fingerprint density at radius 2 is 1.93 bits per heavy atom. The van der Waals surface area contributed by atoms with Crippen LogP contribution in [-0.4, -0.2) is 33.7 Å². The van der Waals surface area contributed by atoms with E-state index in [9.17, 15) is 4.79 Å². The van der Waals surface area contributed by atoms with Gasteiger partial charge < -0.3 is 10.1 Å². The Bertz CT molecular complexity index is 922. The van der Waals surface area contributed by atoms with E-state index in [1.807, 2.05) is 55.5 Å². The van der Waals surface area contributed by atoms with Gasteiger partial charge in [-0.1, -0.05) is 24.3 Å². The van der Waals surface area contributed by atoms with E-state index in [0.29, 0.717) is 30.6 Å². The number of halogens is 1. The number of rotatable bonds is 7. The Morgan fingerprint density at radius 1 is 1.19 bits per heavy atom. The van der Waals surface area contributed by atoms with Crippen molar-refractivity contribution in [2.24, 2.45) is 0 Å². The lowest BCUT2D eigenvalue weighted by atomic mass is 10.1. The number of nitrogens with one attached hydrogen (secondary N) is 1. The van der Waals surface area contributed by atoms with E-state index in [0.717, 1.165) is 22.5 Å². The second-order valence-electron chi connectivity index (χ2n) is 6.04. The fourth-order valence-corrected chi connectivity index (χ4v) is 2.83. The number of nitrogens with zero attached hydrogens (tertiary/aromatic N) is 3. The number of benzene rings is 2. The predicted octanol–water partition coefficient (Wildman–Crippen LogP) is 4.21. The molecule has 1 aromatic heterocycles. The molecule has 0 atom stereocenters. The van der Waals surface area contributed by atoms with Gasteiger partial charge in [-0.05, 0) is 43.2 Å². The molecule has 0 saturated carbocycles. The van der Waals surface area contributed by atoms with Crippen LogP contribution in [0.3, 0.4) is 0 Å². The van der Waals surface area contributed by atoms with Crippen molar-refractivity contribution < 1.29 is 9.53 Å². The minimum absolute atomic E-state index is 0.0496. The average Bonchev–Trinajstić information content (AvgIpc) is 3.11. The van der Waals surface area contributed by atoms with E-state index in [1.54, 1.807) is 11.8 Å². The summed E-state index contributed by atoms with van der Waals surface area (Å²) >= 11 is 5.62. The van der Waals surface area contributed by atoms with Gasteiger partial charge in [0.15, 0.2) is 5.82 Å². The average molecular weight is 385 g/mol. The topological polar surface area (TPSA) is 69.0 Å². The summed E-state index contributed by atoms with van der Waals surface area (Å²) in [6.07, 6.45) is 1.06. The highest BCUT2D eigenvalue weighted by Gasteiger charge is 2.15. The fourth-order valence-electron chi connectivity index (χ4n) is 2.69. The molecule has 140 valence electrons. The number of hydrogen-bond donors (Lipinski definition) is 1. The second kappa shape index (κ2) is 8.68. The fraction of sp³-hybridized carbons (Fsp3) is 0.250.